The molecule has 18 heavy (non-hydrogen) atoms. The molecule has 0 aliphatic heterocycles. The Labute approximate surface area is 112 Å². The van der Waals surface area contributed by atoms with Gasteiger partial charge in [0.1, 0.15) is 0 Å². The predicted octanol–water partition coefficient (Wildman–Crippen LogP) is 3.54. The second kappa shape index (κ2) is 6.91. The van der Waals surface area contributed by atoms with Crippen molar-refractivity contribution in [3.8, 4) is 0 Å². The van der Waals surface area contributed by atoms with E-state index < -0.39 is 0 Å². The maximum absolute atomic E-state index is 5.94. The third kappa shape index (κ3) is 4.11. The van der Waals surface area contributed by atoms with Gasteiger partial charge in [0.2, 0.25) is 0 Å². The van der Waals surface area contributed by atoms with Crippen LogP contribution in [0, 0.1) is 0 Å². The minimum atomic E-state index is 0.228. The minimum absolute atomic E-state index is 0.228. The lowest BCUT2D eigenvalue weighted by Crippen LogP contribution is -2.27. The topological polar surface area (TPSA) is 29.3 Å². The first-order valence-electron chi connectivity index (χ1n) is 6.97. The number of nitrogens with two attached hydrogens (primary N) is 1. The van der Waals surface area contributed by atoms with Gasteiger partial charge in [-0.3, -0.25) is 0 Å². The van der Waals surface area contributed by atoms with Crippen LogP contribution in [0.4, 0.5) is 0 Å². The third-order valence-corrected chi connectivity index (χ3v) is 3.72. The van der Waals surface area contributed by atoms with Crippen molar-refractivity contribution in [2.75, 3.05) is 14.1 Å². The van der Waals surface area contributed by atoms with Gasteiger partial charge in [0, 0.05) is 12.1 Å². The van der Waals surface area contributed by atoms with Gasteiger partial charge in [0.25, 0.3) is 0 Å². The summed E-state index contributed by atoms with van der Waals surface area (Å²) < 4.78 is 0. The van der Waals surface area contributed by atoms with E-state index in [9.17, 15) is 0 Å². The van der Waals surface area contributed by atoms with Crippen molar-refractivity contribution < 1.29 is 0 Å². The molecule has 0 heterocycles. The van der Waals surface area contributed by atoms with Gasteiger partial charge in [-0.25, -0.2) is 0 Å². The molecule has 1 aromatic rings. The van der Waals surface area contributed by atoms with Crippen LogP contribution in [0.1, 0.15) is 56.7 Å². The molecular weight excluding hydrogens is 220 g/mol. The van der Waals surface area contributed by atoms with E-state index in [2.05, 4.69) is 64.0 Å². The standard InChI is InChI=1S/C16H28N2/c1-6-12(2)14-7-9-15(10-8-14)16(18(4)5)11-13(3)17/h7-10,12-13,16H,6,11,17H2,1-5H3. The van der Waals surface area contributed by atoms with Crippen LogP contribution in [0.15, 0.2) is 24.3 Å². The molecule has 0 radical (unpaired) electrons. The van der Waals surface area contributed by atoms with E-state index >= 15 is 0 Å². The average molecular weight is 248 g/mol. The SMILES string of the molecule is CCC(C)c1ccc(C(CC(C)N)N(C)C)cc1. The van der Waals surface area contributed by atoms with E-state index in [0.29, 0.717) is 12.0 Å². The fraction of sp³-hybridized carbons (Fsp3) is 0.625. The molecule has 1 rings (SSSR count). The van der Waals surface area contributed by atoms with Gasteiger partial charge < -0.3 is 10.6 Å². The Hall–Kier alpha value is -0.860. The second-order valence-corrected chi connectivity index (χ2v) is 5.67. The lowest BCUT2D eigenvalue weighted by molar-refractivity contribution is 0.272. The van der Waals surface area contributed by atoms with Crippen molar-refractivity contribution in [2.45, 2.75) is 51.6 Å². The summed E-state index contributed by atoms with van der Waals surface area (Å²) in [6.45, 7) is 6.59. The van der Waals surface area contributed by atoms with Crippen molar-refractivity contribution in [1.29, 1.82) is 0 Å². The summed E-state index contributed by atoms with van der Waals surface area (Å²) >= 11 is 0. The monoisotopic (exact) mass is 248 g/mol. The molecule has 0 spiro atoms. The van der Waals surface area contributed by atoms with Gasteiger partial charge in [0.05, 0.1) is 0 Å². The molecule has 0 saturated heterocycles. The third-order valence-electron chi connectivity index (χ3n) is 3.72. The van der Waals surface area contributed by atoms with Gasteiger partial charge in [0.15, 0.2) is 0 Å². The summed E-state index contributed by atoms with van der Waals surface area (Å²) in [5.74, 6) is 0.644. The average Bonchev–Trinajstić information content (AvgIpc) is 2.34. The number of hydrogen-bond acceptors (Lipinski definition) is 2. The molecule has 2 nitrogen and oxygen atoms in total. The highest BCUT2D eigenvalue weighted by Crippen LogP contribution is 2.26. The van der Waals surface area contributed by atoms with Crippen molar-refractivity contribution in [3.63, 3.8) is 0 Å². The van der Waals surface area contributed by atoms with Crippen LogP contribution in [-0.4, -0.2) is 25.0 Å². The zero-order valence-corrected chi connectivity index (χ0v) is 12.5. The van der Waals surface area contributed by atoms with Crippen LogP contribution in [0.3, 0.4) is 0 Å². The normalized spacial score (nSPS) is 16.6. The molecule has 0 aromatic heterocycles. The fourth-order valence-corrected chi connectivity index (χ4v) is 2.28. The van der Waals surface area contributed by atoms with Crippen LogP contribution < -0.4 is 5.73 Å². The van der Waals surface area contributed by atoms with Crippen molar-refractivity contribution >= 4 is 0 Å². The van der Waals surface area contributed by atoms with Crippen molar-refractivity contribution in [2.24, 2.45) is 5.73 Å². The highest BCUT2D eigenvalue weighted by atomic mass is 15.1. The number of nitrogens with zero attached hydrogens (tertiary/aromatic N) is 1. The quantitative estimate of drug-likeness (QED) is 0.834. The van der Waals surface area contributed by atoms with E-state index in [1.807, 2.05) is 0 Å². The Kier molecular flexibility index (Phi) is 5.83. The van der Waals surface area contributed by atoms with Crippen LogP contribution in [0.2, 0.25) is 0 Å². The van der Waals surface area contributed by atoms with Gasteiger partial charge in [-0.05, 0) is 50.9 Å². The Morgan fingerprint density at radius 3 is 1.94 bits per heavy atom. The maximum Gasteiger partial charge on any atom is 0.0356 e. The van der Waals surface area contributed by atoms with Crippen LogP contribution >= 0.6 is 0 Å². The molecule has 3 unspecified atom stereocenters. The number of benzene rings is 1. The van der Waals surface area contributed by atoms with E-state index in [-0.39, 0.29) is 6.04 Å². The minimum Gasteiger partial charge on any atom is -0.328 e. The number of rotatable bonds is 6. The van der Waals surface area contributed by atoms with Crippen LogP contribution in [-0.2, 0) is 0 Å². The van der Waals surface area contributed by atoms with E-state index in [0.717, 1.165) is 6.42 Å². The largest absolute Gasteiger partial charge is 0.328 e. The zero-order valence-electron chi connectivity index (χ0n) is 12.5. The van der Waals surface area contributed by atoms with Crippen LogP contribution in [0.5, 0.6) is 0 Å². The van der Waals surface area contributed by atoms with E-state index in [1.165, 1.54) is 17.5 Å². The zero-order chi connectivity index (χ0) is 13.7. The smallest absolute Gasteiger partial charge is 0.0356 e. The Morgan fingerprint density at radius 1 is 1.06 bits per heavy atom. The molecule has 102 valence electrons. The molecule has 0 aliphatic rings. The maximum atomic E-state index is 5.94. The summed E-state index contributed by atoms with van der Waals surface area (Å²) in [7, 11) is 4.24. The molecule has 1 aromatic carbocycles. The van der Waals surface area contributed by atoms with Gasteiger partial charge >= 0.3 is 0 Å². The molecule has 0 bridgehead atoms. The molecule has 0 amide bonds. The van der Waals surface area contributed by atoms with Gasteiger partial charge in [-0.1, -0.05) is 38.1 Å². The lowest BCUT2D eigenvalue weighted by atomic mass is 9.94. The lowest BCUT2D eigenvalue weighted by Gasteiger charge is -2.26. The van der Waals surface area contributed by atoms with Crippen molar-refractivity contribution in [1.82, 2.24) is 4.90 Å². The summed E-state index contributed by atoms with van der Waals surface area (Å²) in [4.78, 5) is 2.25. The van der Waals surface area contributed by atoms with Crippen LogP contribution in [0.25, 0.3) is 0 Å². The van der Waals surface area contributed by atoms with Crippen molar-refractivity contribution in [3.05, 3.63) is 35.4 Å². The fourth-order valence-electron chi connectivity index (χ4n) is 2.28. The molecule has 2 N–H and O–H groups in total. The molecule has 0 saturated carbocycles. The van der Waals surface area contributed by atoms with E-state index in [4.69, 9.17) is 5.73 Å². The first kappa shape index (κ1) is 15.2. The van der Waals surface area contributed by atoms with Gasteiger partial charge in [-0.15, -0.1) is 0 Å². The predicted molar refractivity (Wildman–Crippen MR) is 79.8 cm³/mol. The molecule has 3 atom stereocenters. The molecular formula is C16H28N2. The first-order valence-corrected chi connectivity index (χ1v) is 6.97. The Balaban J connectivity index is 2.86. The number of hydrogen-bond donors (Lipinski definition) is 1. The summed E-state index contributed by atoms with van der Waals surface area (Å²) in [6, 6.07) is 9.69. The molecule has 0 fully saturated rings. The summed E-state index contributed by atoms with van der Waals surface area (Å²) in [6.07, 6.45) is 2.19. The second-order valence-electron chi connectivity index (χ2n) is 5.67. The summed E-state index contributed by atoms with van der Waals surface area (Å²) in [5, 5.41) is 0. The van der Waals surface area contributed by atoms with Gasteiger partial charge in [-0.2, -0.15) is 0 Å². The molecule has 0 aliphatic carbocycles. The molecule has 2 heteroatoms. The Bertz CT molecular complexity index is 341. The van der Waals surface area contributed by atoms with E-state index in [1.54, 1.807) is 0 Å². The highest BCUT2D eigenvalue weighted by molar-refractivity contribution is 5.27. The first-order chi connectivity index (χ1) is 8.45. The Morgan fingerprint density at radius 2 is 1.56 bits per heavy atom. The summed E-state index contributed by atoms with van der Waals surface area (Å²) in [5.41, 5.74) is 8.74. The highest BCUT2D eigenvalue weighted by Gasteiger charge is 2.16.